The highest BCUT2D eigenvalue weighted by molar-refractivity contribution is 7.80. The predicted molar refractivity (Wildman–Crippen MR) is 101 cm³/mol. The van der Waals surface area contributed by atoms with Gasteiger partial charge in [-0.2, -0.15) is 5.10 Å². The highest BCUT2D eigenvalue weighted by Crippen LogP contribution is 2.24. The highest BCUT2D eigenvalue weighted by atomic mass is 32.1. The van der Waals surface area contributed by atoms with Crippen molar-refractivity contribution in [2.45, 2.75) is 26.3 Å². The number of hydrogen-bond acceptors (Lipinski definition) is 4. The van der Waals surface area contributed by atoms with E-state index in [2.05, 4.69) is 25.5 Å². The number of benzene rings is 1. The Hall–Kier alpha value is -2.88. The summed E-state index contributed by atoms with van der Waals surface area (Å²) in [6, 6.07) is 7.33. The third-order valence-corrected chi connectivity index (χ3v) is 3.73. The lowest BCUT2D eigenvalue weighted by Crippen LogP contribution is -2.19. The van der Waals surface area contributed by atoms with Gasteiger partial charge in [0.2, 0.25) is 0 Å². The second-order valence-electron chi connectivity index (χ2n) is 5.97. The van der Waals surface area contributed by atoms with Gasteiger partial charge in [-0.05, 0) is 56.4 Å². The molecule has 0 spiro atoms. The smallest absolute Gasteiger partial charge is 0.406 e. The summed E-state index contributed by atoms with van der Waals surface area (Å²) in [4.78, 5) is 4.40. The topological polar surface area (TPSA) is 64.0 Å². The molecule has 6 nitrogen and oxygen atoms in total. The van der Waals surface area contributed by atoms with Gasteiger partial charge in [-0.15, -0.1) is 13.2 Å². The summed E-state index contributed by atoms with van der Waals surface area (Å²) in [6.45, 7) is 4.04. The van der Waals surface area contributed by atoms with E-state index in [4.69, 9.17) is 12.2 Å². The second kappa shape index (κ2) is 7.39. The molecule has 0 amide bonds. The van der Waals surface area contributed by atoms with Crippen molar-refractivity contribution < 1.29 is 17.9 Å². The molecule has 2 N–H and O–H groups in total. The molecule has 1 aromatic carbocycles. The van der Waals surface area contributed by atoms with Crippen LogP contribution in [0.1, 0.15) is 19.9 Å². The summed E-state index contributed by atoms with van der Waals surface area (Å²) >= 11 is 5.23. The van der Waals surface area contributed by atoms with Crippen molar-refractivity contribution in [2.24, 2.45) is 0 Å². The van der Waals surface area contributed by atoms with Gasteiger partial charge in [0, 0.05) is 17.1 Å². The lowest BCUT2D eigenvalue weighted by molar-refractivity contribution is -0.274. The average molecular weight is 395 g/mol. The summed E-state index contributed by atoms with van der Waals surface area (Å²) in [5, 5.41) is 11.3. The maximum atomic E-state index is 12.2. The van der Waals surface area contributed by atoms with Crippen LogP contribution in [0.25, 0.3) is 11.0 Å². The maximum absolute atomic E-state index is 12.2. The number of nitrogens with zero attached hydrogens (tertiary/aromatic N) is 3. The van der Waals surface area contributed by atoms with Crippen molar-refractivity contribution in [1.29, 1.82) is 0 Å². The molecule has 142 valence electrons. The number of nitrogens with one attached hydrogen (secondary N) is 2. The number of fused-ring (bicyclic) bond motifs is 1. The van der Waals surface area contributed by atoms with Crippen LogP contribution in [-0.2, 0) is 0 Å². The summed E-state index contributed by atoms with van der Waals surface area (Å²) in [5.41, 5.74) is 1.96. The summed E-state index contributed by atoms with van der Waals surface area (Å²) in [5.74, 6) is -0.302. The maximum Gasteiger partial charge on any atom is 0.573 e. The van der Waals surface area contributed by atoms with Crippen LogP contribution < -0.4 is 15.4 Å². The Morgan fingerprint density at radius 1 is 1.11 bits per heavy atom. The molecule has 0 saturated heterocycles. The number of pyridine rings is 1. The van der Waals surface area contributed by atoms with Crippen LogP contribution in [-0.4, -0.2) is 26.2 Å². The Morgan fingerprint density at radius 2 is 1.78 bits per heavy atom. The Balaban J connectivity index is 1.64. The van der Waals surface area contributed by atoms with E-state index in [-0.39, 0.29) is 16.9 Å². The van der Waals surface area contributed by atoms with Crippen molar-refractivity contribution in [3.8, 4) is 5.75 Å². The first-order valence-corrected chi connectivity index (χ1v) is 8.39. The van der Waals surface area contributed by atoms with E-state index in [1.54, 1.807) is 12.4 Å². The molecule has 2 aromatic heterocycles. The van der Waals surface area contributed by atoms with Crippen LogP contribution in [0.15, 0.2) is 42.7 Å². The van der Waals surface area contributed by atoms with E-state index in [0.717, 1.165) is 11.0 Å². The molecule has 3 rings (SSSR count). The molecule has 0 atom stereocenters. The molecule has 3 aromatic rings. The lowest BCUT2D eigenvalue weighted by atomic mass is 10.3. The first-order chi connectivity index (χ1) is 12.7. The van der Waals surface area contributed by atoms with Gasteiger partial charge in [-0.25, -0.2) is 9.67 Å². The van der Waals surface area contributed by atoms with E-state index in [1.165, 1.54) is 24.3 Å². The molecule has 10 heteroatoms. The van der Waals surface area contributed by atoms with Crippen LogP contribution in [0, 0.1) is 0 Å². The Bertz CT molecular complexity index is 953. The summed E-state index contributed by atoms with van der Waals surface area (Å²) in [7, 11) is 0. The fraction of sp³-hybridized carbons (Fsp3) is 0.235. The lowest BCUT2D eigenvalue weighted by Gasteiger charge is -2.12. The van der Waals surface area contributed by atoms with Gasteiger partial charge in [0.1, 0.15) is 5.75 Å². The molecule has 0 aliphatic heterocycles. The number of hydrogen-bond donors (Lipinski definition) is 2. The van der Waals surface area contributed by atoms with Crippen molar-refractivity contribution in [2.75, 3.05) is 10.6 Å². The van der Waals surface area contributed by atoms with Gasteiger partial charge in [-0.1, -0.05) is 0 Å². The zero-order valence-electron chi connectivity index (χ0n) is 14.4. The van der Waals surface area contributed by atoms with Crippen LogP contribution in [0.3, 0.4) is 0 Å². The molecular formula is C17H16F3N5OS. The van der Waals surface area contributed by atoms with Gasteiger partial charge in [0.15, 0.2) is 10.8 Å². The molecular weight excluding hydrogens is 379 g/mol. The number of ether oxygens (including phenoxy) is 1. The Kier molecular flexibility index (Phi) is 5.17. The van der Waals surface area contributed by atoms with Gasteiger partial charge in [-0.3, -0.25) is 0 Å². The van der Waals surface area contributed by atoms with Crippen LogP contribution in [0.5, 0.6) is 5.75 Å². The predicted octanol–water partition coefficient (Wildman–Crippen LogP) is 4.72. The number of alkyl halides is 3. The first-order valence-electron chi connectivity index (χ1n) is 7.98. The average Bonchev–Trinajstić information content (AvgIpc) is 2.98. The molecule has 0 unspecified atom stereocenters. The molecule has 0 saturated carbocycles. The zero-order chi connectivity index (χ0) is 19.6. The second-order valence-corrected chi connectivity index (χ2v) is 6.38. The molecule has 0 radical (unpaired) electrons. The molecule has 0 aliphatic rings. The number of aromatic nitrogens is 3. The molecule has 0 bridgehead atoms. The quantitative estimate of drug-likeness (QED) is 0.624. The minimum Gasteiger partial charge on any atom is -0.406 e. The van der Waals surface area contributed by atoms with Crippen LogP contribution >= 0.6 is 12.2 Å². The number of anilines is 2. The Labute approximate surface area is 158 Å². The molecule has 27 heavy (non-hydrogen) atoms. The number of rotatable bonds is 4. The number of halogens is 3. The molecule has 0 aliphatic carbocycles. The molecule has 2 heterocycles. The molecule has 0 fully saturated rings. The van der Waals surface area contributed by atoms with Crippen molar-refractivity contribution in [3.05, 3.63) is 42.7 Å². The van der Waals surface area contributed by atoms with Crippen LogP contribution in [0.2, 0.25) is 0 Å². The van der Waals surface area contributed by atoms with Crippen LogP contribution in [0.4, 0.5) is 24.5 Å². The van der Waals surface area contributed by atoms with Gasteiger partial charge >= 0.3 is 6.36 Å². The fourth-order valence-corrected chi connectivity index (χ4v) is 2.66. The van der Waals surface area contributed by atoms with Gasteiger partial charge in [0.05, 0.1) is 18.1 Å². The minimum absolute atomic E-state index is 0.195. The van der Waals surface area contributed by atoms with E-state index < -0.39 is 6.36 Å². The highest BCUT2D eigenvalue weighted by Gasteiger charge is 2.30. The van der Waals surface area contributed by atoms with Crippen molar-refractivity contribution >= 4 is 39.7 Å². The first kappa shape index (κ1) is 18.9. The fourth-order valence-electron chi connectivity index (χ4n) is 2.42. The monoisotopic (exact) mass is 395 g/mol. The van der Waals surface area contributed by atoms with E-state index in [1.807, 2.05) is 24.6 Å². The largest absolute Gasteiger partial charge is 0.573 e. The van der Waals surface area contributed by atoms with E-state index in [9.17, 15) is 13.2 Å². The zero-order valence-corrected chi connectivity index (χ0v) is 15.2. The number of thiocarbonyl (C=S) groups is 1. The summed E-state index contributed by atoms with van der Waals surface area (Å²) < 4.78 is 42.2. The third kappa shape index (κ3) is 4.85. The van der Waals surface area contributed by atoms with Gasteiger partial charge in [0.25, 0.3) is 0 Å². The summed E-state index contributed by atoms with van der Waals surface area (Å²) in [6.07, 6.45) is -1.36. The third-order valence-electron chi connectivity index (χ3n) is 3.53. The Morgan fingerprint density at radius 3 is 2.41 bits per heavy atom. The van der Waals surface area contributed by atoms with E-state index >= 15 is 0 Å². The standard InChI is InChI=1S/C17H16F3N5OS/c1-10(2)25-15-11(8-22-25)7-13(9-21-15)24-16(27)23-12-3-5-14(6-4-12)26-17(18,19)20/h3-10H,1-2H3,(H2,23,24,27). The van der Waals surface area contributed by atoms with Crippen molar-refractivity contribution in [3.63, 3.8) is 0 Å². The SMILES string of the molecule is CC(C)n1ncc2cc(NC(=S)Nc3ccc(OC(F)(F)F)cc3)cnc21. The van der Waals surface area contributed by atoms with Gasteiger partial charge < -0.3 is 15.4 Å². The van der Waals surface area contributed by atoms with Crippen molar-refractivity contribution in [1.82, 2.24) is 14.8 Å². The minimum atomic E-state index is -4.72. The van der Waals surface area contributed by atoms with E-state index in [0.29, 0.717) is 11.4 Å². The normalized spacial score (nSPS) is 11.6.